The van der Waals surface area contributed by atoms with E-state index in [1.165, 1.54) is 17.7 Å². The zero-order valence-corrected chi connectivity index (χ0v) is 9.80. The Morgan fingerprint density at radius 2 is 2.27 bits per heavy atom. The molecule has 0 aliphatic heterocycles. The zero-order valence-electron chi connectivity index (χ0n) is 8.98. The summed E-state index contributed by atoms with van der Waals surface area (Å²) in [6.07, 6.45) is 3.55. The molecule has 2 unspecified atom stereocenters. The Kier molecular flexibility index (Phi) is 3.54. The van der Waals surface area contributed by atoms with E-state index in [1.54, 1.807) is 7.11 Å². The Balaban J connectivity index is 1.98. The van der Waals surface area contributed by atoms with Crippen molar-refractivity contribution in [1.82, 2.24) is 0 Å². The number of benzene rings is 1. The van der Waals surface area contributed by atoms with Gasteiger partial charge in [-0.25, -0.2) is 0 Å². The molecule has 1 aliphatic carbocycles. The number of rotatable bonds is 3. The average Bonchev–Trinajstić information content (AvgIpc) is 2.64. The Morgan fingerprint density at radius 3 is 2.93 bits per heavy atom. The fourth-order valence-corrected chi connectivity index (χ4v) is 3.27. The molecule has 0 spiro atoms. The Hall–Kier alpha value is -0.670. The Labute approximate surface area is 95.2 Å². The molecular formula is C12H17NOS. The smallest absolute Gasteiger partial charge is 0.119 e. The standard InChI is InChI=1S/C12H17NOS/c1-14-10-3-2-4-11(8-10)15-12-6-5-9(13)7-12/h2-4,8-9,12H,5-7,13H2,1H3. The maximum atomic E-state index is 5.90. The average molecular weight is 223 g/mol. The number of ether oxygens (including phenoxy) is 1. The summed E-state index contributed by atoms with van der Waals surface area (Å²) in [6.45, 7) is 0. The second-order valence-corrected chi connectivity index (χ2v) is 5.37. The third-order valence-electron chi connectivity index (χ3n) is 2.77. The molecule has 1 fully saturated rings. The second kappa shape index (κ2) is 4.90. The van der Waals surface area contributed by atoms with Crippen molar-refractivity contribution in [2.24, 2.45) is 5.73 Å². The van der Waals surface area contributed by atoms with Crippen LogP contribution in [0.25, 0.3) is 0 Å². The predicted octanol–water partition coefficient (Wildman–Crippen LogP) is 2.67. The molecule has 2 atom stereocenters. The van der Waals surface area contributed by atoms with Gasteiger partial charge in [-0.05, 0) is 37.5 Å². The molecule has 1 aliphatic rings. The second-order valence-electron chi connectivity index (χ2n) is 3.99. The minimum atomic E-state index is 0.410. The van der Waals surface area contributed by atoms with Crippen LogP contribution in [0.3, 0.4) is 0 Å². The zero-order chi connectivity index (χ0) is 10.7. The third kappa shape index (κ3) is 2.89. The molecule has 15 heavy (non-hydrogen) atoms. The van der Waals surface area contributed by atoms with Crippen molar-refractivity contribution < 1.29 is 4.74 Å². The molecule has 2 rings (SSSR count). The van der Waals surface area contributed by atoms with E-state index in [1.807, 2.05) is 23.9 Å². The third-order valence-corrected chi connectivity index (χ3v) is 4.06. The fourth-order valence-electron chi connectivity index (χ4n) is 1.95. The van der Waals surface area contributed by atoms with E-state index in [4.69, 9.17) is 10.5 Å². The minimum absolute atomic E-state index is 0.410. The van der Waals surface area contributed by atoms with Crippen LogP contribution in [0.5, 0.6) is 5.75 Å². The molecule has 3 heteroatoms. The lowest BCUT2D eigenvalue weighted by Gasteiger charge is -2.09. The van der Waals surface area contributed by atoms with Crippen LogP contribution in [0.4, 0.5) is 0 Å². The van der Waals surface area contributed by atoms with Crippen LogP contribution in [-0.4, -0.2) is 18.4 Å². The number of thioether (sulfide) groups is 1. The van der Waals surface area contributed by atoms with Crippen molar-refractivity contribution >= 4 is 11.8 Å². The van der Waals surface area contributed by atoms with Crippen LogP contribution in [0, 0.1) is 0 Å². The summed E-state index contributed by atoms with van der Waals surface area (Å²) in [4.78, 5) is 1.29. The molecule has 1 saturated carbocycles. The number of hydrogen-bond acceptors (Lipinski definition) is 3. The summed E-state index contributed by atoms with van der Waals surface area (Å²) >= 11 is 1.92. The first-order valence-electron chi connectivity index (χ1n) is 5.34. The maximum absolute atomic E-state index is 5.90. The van der Waals surface area contributed by atoms with Gasteiger partial charge >= 0.3 is 0 Å². The van der Waals surface area contributed by atoms with Gasteiger partial charge in [0.2, 0.25) is 0 Å². The maximum Gasteiger partial charge on any atom is 0.119 e. The van der Waals surface area contributed by atoms with Crippen molar-refractivity contribution in [3.05, 3.63) is 24.3 Å². The van der Waals surface area contributed by atoms with Crippen LogP contribution >= 0.6 is 11.8 Å². The first kappa shape index (κ1) is 10.8. The van der Waals surface area contributed by atoms with E-state index in [-0.39, 0.29) is 0 Å². The van der Waals surface area contributed by atoms with Gasteiger partial charge in [0.15, 0.2) is 0 Å². The van der Waals surface area contributed by atoms with Gasteiger partial charge in [-0.15, -0.1) is 11.8 Å². The normalized spacial score (nSPS) is 25.5. The summed E-state index contributed by atoms with van der Waals surface area (Å²) in [5.41, 5.74) is 5.90. The highest BCUT2D eigenvalue weighted by molar-refractivity contribution is 8.00. The van der Waals surface area contributed by atoms with Crippen molar-refractivity contribution in [2.45, 2.75) is 35.4 Å². The molecule has 0 amide bonds. The van der Waals surface area contributed by atoms with E-state index in [0.717, 1.165) is 12.2 Å². The summed E-state index contributed by atoms with van der Waals surface area (Å²) < 4.78 is 5.20. The molecule has 0 saturated heterocycles. The molecule has 2 N–H and O–H groups in total. The molecule has 0 aromatic heterocycles. The monoisotopic (exact) mass is 223 g/mol. The molecule has 0 heterocycles. The van der Waals surface area contributed by atoms with E-state index in [9.17, 15) is 0 Å². The van der Waals surface area contributed by atoms with E-state index < -0.39 is 0 Å². The molecule has 82 valence electrons. The number of nitrogens with two attached hydrogens (primary N) is 1. The van der Waals surface area contributed by atoms with Crippen LogP contribution in [0.1, 0.15) is 19.3 Å². The van der Waals surface area contributed by atoms with Gasteiger partial charge in [0.1, 0.15) is 5.75 Å². The molecular weight excluding hydrogens is 206 g/mol. The summed E-state index contributed by atoms with van der Waals surface area (Å²) in [5.74, 6) is 0.933. The van der Waals surface area contributed by atoms with Gasteiger partial charge in [-0.3, -0.25) is 0 Å². The van der Waals surface area contributed by atoms with Crippen molar-refractivity contribution in [3.63, 3.8) is 0 Å². The van der Waals surface area contributed by atoms with Gasteiger partial charge in [0.05, 0.1) is 7.11 Å². The van der Waals surface area contributed by atoms with E-state index in [2.05, 4.69) is 12.1 Å². The van der Waals surface area contributed by atoms with Gasteiger partial charge in [-0.1, -0.05) is 6.07 Å². The van der Waals surface area contributed by atoms with Crippen molar-refractivity contribution in [3.8, 4) is 5.75 Å². The summed E-state index contributed by atoms with van der Waals surface area (Å²) in [7, 11) is 1.70. The van der Waals surface area contributed by atoms with E-state index >= 15 is 0 Å². The molecule has 1 aromatic rings. The first-order chi connectivity index (χ1) is 7.28. The first-order valence-corrected chi connectivity index (χ1v) is 6.22. The lowest BCUT2D eigenvalue weighted by Crippen LogP contribution is -2.15. The Morgan fingerprint density at radius 1 is 1.40 bits per heavy atom. The highest BCUT2D eigenvalue weighted by Crippen LogP contribution is 2.35. The van der Waals surface area contributed by atoms with Gasteiger partial charge < -0.3 is 10.5 Å². The molecule has 2 nitrogen and oxygen atoms in total. The van der Waals surface area contributed by atoms with Crippen LogP contribution in [0.2, 0.25) is 0 Å². The lowest BCUT2D eigenvalue weighted by atomic mass is 10.3. The molecule has 1 aromatic carbocycles. The highest BCUT2D eigenvalue weighted by Gasteiger charge is 2.22. The van der Waals surface area contributed by atoms with E-state index in [0.29, 0.717) is 11.3 Å². The van der Waals surface area contributed by atoms with Crippen LogP contribution in [0.15, 0.2) is 29.2 Å². The topological polar surface area (TPSA) is 35.2 Å². The van der Waals surface area contributed by atoms with Gasteiger partial charge in [0, 0.05) is 16.2 Å². The molecule has 0 radical (unpaired) electrons. The largest absolute Gasteiger partial charge is 0.497 e. The fraction of sp³-hybridized carbons (Fsp3) is 0.500. The molecule has 0 bridgehead atoms. The summed E-state index contributed by atoms with van der Waals surface area (Å²) in [6, 6.07) is 8.65. The quantitative estimate of drug-likeness (QED) is 0.855. The number of methoxy groups -OCH3 is 1. The minimum Gasteiger partial charge on any atom is -0.497 e. The van der Waals surface area contributed by atoms with Crippen molar-refractivity contribution in [1.29, 1.82) is 0 Å². The number of hydrogen-bond donors (Lipinski definition) is 1. The predicted molar refractivity (Wildman–Crippen MR) is 64.5 cm³/mol. The van der Waals surface area contributed by atoms with Gasteiger partial charge in [-0.2, -0.15) is 0 Å². The summed E-state index contributed by atoms with van der Waals surface area (Å²) in [5, 5.41) is 0.687. The van der Waals surface area contributed by atoms with Crippen molar-refractivity contribution in [2.75, 3.05) is 7.11 Å². The van der Waals surface area contributed by atoms with Crippen LogP contribution < -0.4 is 10.5 Å². The lowest BCUT2D eigenvalue weighted by molar-refractivity contribution is 0.413. The van der Waals surface area contributed by atoms with Crippen LogP contribution in [-0.2, 0) is 0 Å². The Bertz CT molecular complexity index is 329. The highest BCUT2D eigenvalue weighted by atomic mass is 32.2. The van der Waals surface area contributed by atoms with Gasteiger partial charge in [0.25, 0.3) is 0 Å². The SMILES string of the molecule is COc1cccc(SC2CCC(N)C2)c1.